The van der Waals surface area contributed by atoms with Crippen LogP contribution in [0.15, 0.2) is 53.9 Å². The molecule has 0 saturated carbocycles. The van der Waals surface area contributed by atoms with E-state index in [2.05, 4.69) is 16.4 Å². The van der Waals surface area contributed by atoms with E-state index in [1.807, 2.05) is 61.7 Å². The average molecular weight is 395 g/mol. The Labute approximate surface area is 165 Å². The highest BCUT2D eigenvalue weighted by Crippen LogP contribution is 2.27. The van der Waals surface area contributed by atoms with Gasteiger partial charge in [0.2, 0.25) is 0 Å². The number of anilines is 1. The first-order chi connectivity index (χ1) is 13.1. The van der Waals surface area contributed by atoms with Crippen LogP contribution in [0, 0.1) is 13.8 Å². The Hall–Kier alpha value is -2.70. The Kier molecular flexibility index (Phi) is 4.92. The van der Waals surface area contributed by atoms with Gasteiger partial charge in [0.05, 0.1) is 15.1 Å². The van der Waals surface area contributed by atoms with E-state index in [1.54, 1.807) is 0 Å². The number of aryl methyl sites for hydroxylation is 2. The molecule has 2 aromatic heterocycles. The van der Waals surface area contributed by atoms with Gasteiger partial charge in [0, 0.05) is 5.56 Å². The molecule has 0 aliphatic rings. The van der Waals surface area contributed by atoms with E-state index >= 15 is 0 Å². The van der Waals surface area contributed by atoms with Gasteiger partial charge in [-0.3, -0.25) is 10.1 Å². The number of nitrogens with one attached hydrogen (secondary N) is 1. The van der Waals surface area contributed by atoms with Gasteiger partial charge >= 0.3 is 0 Å². The SMILES string of the molecule is Cc1ccc(OCc2csc(C(=O)Nc3nc4ccc(C)cc4s3)c2)cc1. The van der Waals surface area contributed by atoms with Crippen LogP contribution in [0.2, 0.25) is 0 Å². The molecule has 4 rings (SSSR count). The Balaban J connectivity index is 1.40. The molecule has 6 heteroatoms. The lowest BCUT2D eigenvalue weighted by molar-refractivity contribution is 0.103. The quantitative estimate of drug-likeness (QED) is 0.465. The van der Waals surface area contributed by atoms with Gasteiger partial charge in [0.15, 0.2) is 5.13 Å². The number of nitrogens with zero attached hydrogens (tertiary/aromatic N) is 1. The normalized spacial score (nSPS) is 10.9. The number of hydrogen-bond donors (Lipinski definition) is 1. The lowest BCUT2D eigenvalue weighted by Gasteiger charge is -2.04. The maximum Gasteiger partial charge on any atom is 0.267 e. The van der Waals surface area contributed by atoms with Crippen LogP contribution in [0.5, 0.6) is 5.75 Å². The molecule has 0 fully saturated rings. The van der Waals surface area contributed by atoms with Crippen LogP contribution < -0.4 is 10.1 Å². The van der Waals surface area contributed by atoms with Crippen molar-refractivity contribution < 1.29 is 9.53 Å². The molecule has 2 heterocycles. The van der Waals surface area contributed by atoms with Crippen LogP contribution in [-0.4, -0.2) is 10.9 Å². The maximum atomic E-state index is 12.5. The van der Waals surface area contributed by atoms with Crippen molar-refractivity contribution in [2.75, 3.05) is 5.32 Å². The number of fused-ring (bicyclic) bond motifs is 1. The number of thiophene rings is 1. The summed E-state index contributed by atoms with van der Waals surface area (Å²) < 4.78 is 6.85. The molecule has 4 aromatic rings. The first-order valence-electron chi connectivity index (χ1n) is 8.52. The molecule has 0 radical (unpaired) electrons. The van der Waals surface area contributed by atoms with E-state index in [9.17, 15) is 4.79 Å². The summed E-state index contributed by atoms with van der Waals surface area (Å²) in [5, 5.41) is 5.46. The number of carbonyl (C=O) groups excluding carboxylic acids is 1. The molecule has 4 nitrogen and oxygen atoms in total. The first kappa shape index (κ1) is 17.7. The summed E-state index contributed by atoms with van der Waals surface area (Å²) in [6.45, 7) is 4.52. The second kappa shape index (κ2) is 7.50. The molecular formula is C21H18N2O2S2. The summed E-state index contributed by atoms with van der Waals surface area (Å²) in [5.41, 5.74) is 4.26. The molecule has 0 spiro atoms. The van der Waals surface area contributed by atoms with E-state index in [1.165, 1.54) is 33.8 Å². The lowest BCUT2D eigenvalue weighted by atomic mass is 10.2. The van der Waals surface area contributed by atoms with Gasteiger partial charge in [-0.05, 0) is 55.1 Å². The molecule has 0 bridgehead atoms. The predicted octanol–water partition coefficient (Wildman–Crippen LogP) is 5.81. The third-order valence-corrected chi connectivity index (χ3v) is 5.98. The summed E-state index contributed by atoms with van der Waals surface area (Å²) >= 11 is 2.90. The number of ether oxygens (including phenoxy) is 1. The number of rotatable bonds is 5. The van der Waals surface area contributed by atoms with Gasteiger partial charge in [-0.15, -0.1) is 11.3 Å². The Bertz CT molecular complexity index is 1100. The largest absolute Gasteiger partial charge is 0.489 e. The molecule has 0 atom stereocenters. The summed E-state index contributed by atoms with van der Waals surface area (Å²) in [5.74, 6) is 0.680. The van der Waals surface area contributed by atoms with Crippen molar-refractivity contribution >= 4 is 43.9 Å². The van der Waals surface area contributed by atoms with Crippen molar-refractivity contribution in [3.63, 3.8) is 0 Å². The number of benzene rings is 2. The van der Waals surface area contributed by atoms with Crippen molar-refractivity contribution in [2.24, 2.45) is 0 Å². The first-order valence-corrected chi connectivity index (χ1v) is 10.2. The van der Waals surface area contributed by atoms with Crippen molar-refractivity contribution in [3.8, 4) is 5.75 Å². The molecule has 0 aliphatic carbocycles. The van der Waals surface area contributed by atoms with Crippen LogP contribution in [0.3, 0.4) is 0 Å². The number of carbonyl (C=O) groups is 1. The van der Waals surface area contributed by atoms with E-state index < -0.39 is 0 Å². The van der Waals surface area contributed by atoms with Gasteiger partial charge in [0.25, 0.3) is 5.91 Å². The third kappa shape index (κ3) is 4.18. The summed E-state index contributed by atoms with van der Waals surface area (Å²) in [6.07, 6.45) is 0. The molecule has 0 saturated heterocycles. The zero-order chi connectivity index (χ0) is 18.8. The van der Waals surface area contributed by atoms with Crippen LogP contribution >= 0.6 is 22.7 Å². The molecular weight excluding hydrogens is 376 g/mol. The molecule has 0 unspecified atom stereocenters. The number of aromatic nitrogens is 1. The fourth-order valence-corrected chi connectivity index (χ4v) is 4.37. The molecule has 1 amide bonds. The molecule has 2 aromatic carbocycles. The summed E-state index contributed by atoms with van der Waals surface area (Å²) in [4.78, 5) is 17.6. The second-order valence-electron chi connectivity index (χ2n) is 6.37. The van der Waals surface area contributed by atoms with Crippen LogP contribution in [0.25, 0.3) is 10.2 Å². The average Bonchev–Trinajstić information content (AvgIpc) is 3.27. The van der Waals surface area contributed by atoms with Gasteiger partial charge in [-0.1, -0.05) is 35.1 Å². The standard InChI is InChI=1S/C21H18N2O2S2/c1-13-3-6-16(7-4-13)25-11-15-10-19(26-12-15)20(24)23-21-22-17-8-5-14(2)9-18(17)27-21/h3-10,12H,11H2,1-2H3,(H,22,23,24). The minimum absolute atomic E-state index is 0.141. The molecule has 27 heavy (non-hydrogen) atoms. The number of hydrogen-bond acceptors (Lipinski definition) is 5. The van der Waals surface area contributed by atoms with Crippen LogP contribution in [0.1, 0.15) is 26.4 Å². The van der Waals surface area contributed by atoms with Gasteiger partial charge in [-0.2, -0.15) is 0 Å². The molecule has 136 valence electrons. The summed E-state index contributed by atoms with van der Waals surface area (Å²) in [6, 6.07) is 15.9. The minimum Gasteiger partial charge on any atom is -0.489 e. The van der Waals surface area contributed by atoms with E-state index in [-0.39, 0.29) is 5.91 Å². The second-order valence-corrected chi connectivity index (χ2v) is 8.31. The zero-order valence-corrected chi connectivity index (χ0v) is 16.6. The summed E-state index contributed by atoms with van der Waals surface area (Å²) in [7, 11) is 0. The number of amides is 1. The third-order valence-electron chi connectivity index (χ3n) is 4.07. The minimum atomic E-state index is -0.141. The fraction of sp³-hybridized carbons (Fsp3) is 0.143. The van der Waals surface area contributed by atoms with Crippen molar-refractivity contribution in [2.45, 2.75) is 20.5 Å². The Morgan fingerprint density at radius 2 is 1.85 bits per heavy atom. The topological polar surface area (TPSA) is 51.2 Å². The van der Waals surface area contributed by atoms with E-state index in [0.29, 0.717) is 16.6 Å². The van der Waals surface area contributed by atoms with Gasteiger partial charge in [-0.25, -0.2) is 4.98 Å². The highest BCUT2D eigenvalue weighted by molar-refractivity contribution is 7.22. The van der Waals surface area contributed by atoms with Crippen molar-refractivity contribution in [1.29, 1.82) is 0 Å². The van der Waals surface area contributed by atoms with E-state index in [4.69, 9.17) is 4.74 Å². The monoisotopic (exact) mass is 394 g/mol. The number of thiazole rings is 1. The van der Waals surface area contributed by atoms with Crippen LogP contribution in [-0.2, 0) is 6.61 Å². The lowest BCUT2D eigenvalue weighted by Crippen LogP contribution is -2.09. The fourth-order valence-electron chi connectivity index (χ4n) is 2.62. The molecule has 0 aliphatic heterocycles. The predicted molar refractivity (Wildman–Crippen MR) is 112 cm³/mol. The van der Waals surface area contributed by atoms with Crippen molar-refractivity contribution in [3.05, 3.63) is 75.5 Å². The van der Waals surface area contributed by atoms with Crippen LogP contribution in [0.4, 0.5) is 5.13 Å². The maximum absolute atomic E-state index is 12.5. The van der Waals surface area contributed by atoms with Gasteiger partial charge in [0.1, 0.15) is 12.4 Å². The van der Waals surface area contributed by atoms with E-state index in [0.717, 1.165) is 21.5 Å². The van der Waals surface area contributed by atoms with Gasteiger partial charge < -0.3 is 4.74 Å². The smallest absolute Gasteiger partial charge is 0.267 e. The Morgan fingerprint density at radius 3 is 2.67 bits per heavy atom. The highest BCUT2D eigenvalue weighted by atomic mass is 32.1. The molecule has 1 N–H and O–H groups in total. The highest BCUT2D eigenvalue weighted by Gasteiger charge is 2.13. The Morgan fingerprint density at radius 1 is 1.07 bits per heavy atom. The van der Waals surface area contributed by atoms with Crippen molar-refractivity contribution in [1.82, 2.24) is 4.98 Å². The zero-order valence-electron chi connectivity index (χ0n) is 15.0.